The van der Waals surface area contributed by atoms with Gasteiger partial charge >= 0.3 is 0 Å². The second kappa shape index (κ2) is 6.46. The largest absolute Gasteiger partial charge is 0.444 e. The molecule has 1 aliphatic carbocycles. The Morgan fingerprint density at radius 1 is 1.36 bits per heavy atom. The van der Waals surface area contributed by atoms with Crippen LogP contribution in [-0.2, 0) is 11.2 Å². The number of carbonyl (C=O) groups is 1. The van der Waals surface area contributed by atoms with Gasteiger partial charge in [0.05, 0.1) is 5.69 Å². The number of oxazole rings is 1. The van der Waals surface area contributed by atoms with Crippen LogP contribution in [0.1, 0.15) is 23.9 Å². The Labute approximate surface area is 142 Å². The lowest BCUT2D eigenvalue weighted by molar-refractivity contribution is -0.122. The monoisotopic (exact) mass is 341 g/mol. The van der Waals surface area contributed by atoms with Crippen molar-refractivity contribution in [3.63, 3.8) is 0 Å². The topological polar surface area (TPSA) is 96.7 Å². The summed E-state index contributed by atoms with van der Waals surface area (Å²) in [6.07, 6.45) is 4.36. The number of nitrogens with zero attached hydrogens (tertiary/aromatic N) is 3. The van der Waals surface area contributed by atoms with Crippen molar-refractivity contribution in [3.8, 4) is 11.5 Å². The fraction of sp³-hybridized carbons (Fsp3) is 0.294. The summed E-state index contributed by atoms with van der Waals surface area (Å²) in [7, 11) is 0. The van der Waals surface area contributed by atoms with Gasteiger partial charge in [-0.05, 0) is 30.7 Å². The van der Waals surface area contributed by atoms with E-state index in [1.54, 1.807) is 18.4 Å². The second-order valence-electron chi connectivity index (χ2n) is 6.01. The van der Waals surface area contributed by atoms with E-state index in [1.807, 2.05) is 0 Å². The van der Waals surface area contributed by atoms with Gasteiger partial charge in [0.25, 0.3) is 0 Å². The summed E-state index contributed by atoms with van der Waals surface area (Å²) < 4.78 is 18.3. The number of hydrogen-bond acceptors (Lipinski definition) is 5. The van der Waals surface area contributed by atoms with E-state index in [9.17, 15) is 9.18 Å². The molecule has 1 amide bonds. The Morgan fingerprint density at radius 3 is 2.96 bits per heavy atom. The van der Waals surface area contributed by atoms with Crippen LogP contribution in [0.4, 0.5) is 4.39 Å². The standard InChI is InChI=1S/C17H16FN5O2/c18-11-3-1-10(2-4-11)17-22-12(8-25-17)5-6-19-16(24)14-7-13(14)15-20-9-21-23-15/h1-4,8-9,13-14H,5-7H2,(H,19,24)(H,20,21,23)/t13-,14+/m1/s1. The van der Waals surface area contributed by atoms with Gasteiger partial charge in [0.15, 0.2) is 0 Å². The number of aromatic nitrogens is 4. The Morgan fingerprint density at radius 2 is 2.20 bits per heavy atom. The molecule has 0 radical (unpaired) electrons. The molecule has 1 fully saturated rings. The highest BCUT2D eigenvalue weighted by molar-refractivity contribution is 5.82. The third-order valence-electron chi connectivity index (χ3n) is 4.24. The lowest BCUT2D eigenvalue weighted by Crippen LogP contribution is -2.27. The lowest BCUT2D eigenvalue weighted by Gasteiger charge is -2.02. The summed E-state index contributed by atoms with van der Waals surface area (Å²) in [5.74, 6) is 1.01. The average molecular weight is 341 g/mol. The number of nitrogens with one attached hydrogen (secondary N) is 2. The van der Waals surface area contributed by atoms with E-state index >= 15 is 0 Å². The number of halogens is 1. The molecule has 2 aromatic heterocycles. The van der Waals surface area contributed by atoms with Crippen LogP contribution < -0.4 is 5.32 Å². The van der Waals surface area contributed by atoms with Gasteiger partial charge in [-0.2, -0.15) is 5.10 Å². The average Bonchev–Trinajstić information content (AvgIpc) is 3.02. The third-order valence-corrected chi connectivity index (χ3v) is 4.24. The number of amides is 1. The third kappa shape index (κ3) is 3.42. The molecule has 0 unspecified atom stereocenters. The smallest absolute Gasteiger partial charge is 0.226 e. The number of benzene rings is 1. The number of aromatic amines is 1. The predicted molar refractivity (Wildman–Crippen MR) is 85.8 cm³/mol. The summed E-state index contributed by atoms with van der Waals surface area (Å²) in [5, 5.41) is 9.51. The van der Waals surface area contributed by atoms with Crippen molar-refractivity contribution < 1.29 is 13.6 Å². The highest BCUT2D eigenvalue weighted by Gasteiger charge is 2.45. The van der Waals surface area contributed by atoms with E-state index in [2.05, 4.69) is 25.5 Å². The first-order chi connectivity index (χ1) is 12.2. The van der Waals surface area contributed by atoms with Crippen LogP contribution in [0.15, 0.2) is 41.3 Å². The van der Waals surface area contributed by atoms with Crippen LogP contribution in [-0.4, -0.2) is 32.6 Å². The zero-order valence-electron chi connectivity index (χ0n) is 13.3. The molecule has 3 aromatic rings. The van der Waals surface area contributed by atoms with Crippen molar-refractivity contribution in [3.05, 3.63) is 54.2 Å². The lowest BCUT2D eigenvalue weighted by atomic mass is 10.2. The van der Waals surface area contributed by atoms with Crippen LogP contribution in [0.3, 0.4) is 0 Å². The van der Waals surface area contributed by atoms with Crippen LogP contribution in [0.5, 0.6) is 0 Å². The first kappa shape index (κ1) is 15.5. The zero-order chi connectivity index (χ0) is 17.2. The van der Waals surface area contributed by atoms with Crippen LogP contribution in [0.25, 0.3) is 11.5 Å². The van der Waals surface area contributed by atoms with Gasteiger partial charge in [-0.3, -0.25) is 9.89 Å². The molecule has 1 saturated carbocycles. The molecule has 0 saturated heterocycles. The van der Waals surface area contributed by atoms with Crippen molar-refractivity contribution in [2.75, 3.05) is 6.54 Å². The summed E-state index contributed by atoms with van der Waals surface area (Å²) in [4.78, 5) is 20.5. The molecule has 2 N–H and O–H groups in total. The summed E-state index contributed by atoms with van der Waals surface area (Å²) in [5.41, 5.74) is 1.45. The van der Waals surface area contributed by atoms with Gasteiger partial charge < -0.3 is 9.73 Å². The van der Waals surface area contributed by atoms with E-state index in [0.29, 0.717) is 24.4 Å². The molecule has 0 aliphatic heterocycles. The van der Waals surface area contributed by atoms with E-state index in [-0.39, 0.29) is 23.6 Å². The van der Waals surface area contributed by atoms with Crippen LogP contribution in [0.2, 0.25) is 0 Å². The molecule has 1 aromatic carbocycles. The first-order valence-corrected chi connectivity index (χ1v) is 8.04. The van der Waals surface area contributed by atoms with Crippen molar-refractivity contribution in [1.82, 2.24) is 25.5 Å². The molecule has 128 valence electrons. The van der Waals surface area contributed by atoms with Gasteiger partial charge in [0, 0.05) is 30.4 Å². The minimum absolute atomic E-state index is 0.0173. The normalized spacial score (nSPS) is 18.9. The van der Waals surface area contributed by atoms with Crippen molar-refractivity contribution in [2.24, 2.45) is 5.92 Å². The molecular formula is C17H16FN5O2. The van der Waals surface area contributed by atoms with Gasteiger partial charge in [-0.15, -0.1) is 0 Å². The Kier molecular flexibility index (Phi) is 4.01. The fourth-order valence-electron chi connectivity index (χ4n) is 2.77. The van der Waals surface area contributed by atoms with Crippen molar-refractivity contribution in [2.45, 2.75) is 18.8 Å². The molecule has 7 nitrogen and oxygen atoms in total. The molecule has 1 aliphatic rings. The van der Waals surface area contributed by atoms with E-state index in [4.69, 9.17) is 4.42 Å². The minimum Gasteiger partial charge on any atom is -0.444 e. The van der Waals surface area contributed by atoms with Gasteiger partial charge in [-0.25, -0.2) is 14.4 Å². The number of rotatable bonds is 6. The SMILES string of the molecule is O=C(NCCc1coc(-c2ccc(F)cc2)n1)[C@H]1C[C@H]1c1ncn[nH]1. The molecule has 2 atom stereocenters. The summed E-state index contributed by atoms with van der Waals surface area (Å²) >= 11 is 0. The second-order valence-corrected chi connectivity index (χ2v) is 6.01. The number of hydrogen-bond donors (Lipinski definition) is 2. The van der Waals surface area contributed by atoms with Crippen molar-refractivity contribution >= 4 is 5.91 Å². The van der Waals surface area contributed by atoms with Crippen LogP contribution >= 0.6 is 0 Å². The number of carbonyl (C=O) groups excluding carboxylic acids is 1. The maximum atomic E-state index is 12.9. The summed E-state index contributed by atoms with van der Waals surface area (Å²) in [6, 6.07) is 5.95. The highest BCUT2D eigenvalue weighted by Crippen LogP contribution is 2.45. The minimum atomic E-state index is -0.304. The maximum absolute atomic E-state index is 12.9. The molecular weight excluding hydrogens is 325 g/mol. The van der Waals surface area contributed by atoms with E-state index in [1.165, 1.54) is 18.5 Å². The Bertz CT molecular complexity index is 860. The number of H-pyrrole nitrogens is 1. The molecule has 8 heteroatoms. The Balaban J connectivity index is 1.27. The van der Waals surface area contributed by atoms with Crippen LogP contribution in [0, 0.1) is 11.7 Å². The molecule has 4 rings (SSSR count). The fourth-order valence-corrected chi connectivity index (χ4v) is 2.77. The van der Waals surface area contributed by atoms with E-state index in [0.717, 1.165) is 17.9 Å². The maximum Gasteiger partial charge on any atom is 0.226 e. The quantitative estimate of drug-likeness (QED) is 0.715. The summed E-state index contributed by atoms with van der Waals surface area (Å²) in [6.45, 7) is 0.480. The van der Waals surface area contributed by atoms with Gasteiger partial charge in [0.1, 0.15) is 24.2 Å². The van der Waals surface area contributed by atoms with Gasteiger partial charge in [0.2, 0.25) is 11.8 Å². The van der Waals surface area contributed by atoms with Crippen molar-refractivity contribution in [1.29, 1.82) is 0 Å². The van der Waals surface area contributed by atoms with Gasteiger partial charge in [-0.1, -0.05) is 0 Å². The zero-order valence-corrected chi connectivity index (χ0v) is 13.3. The highest BCUT2D eigenvalue weighted by atomic mass is 19.1. The molecule has 2 heterocycles. The first-order valence-electron chi connectivity index (χ1n) is 8.04. The van der Waals surface area contributed by atoms with E-state index < -0.39 is 0 Å². The molecule has 0 bridgehead atoms. The molecule has 25 heavy (non-hydrogen) atoms. The Hall–Kier alpha value is -3.03. The molecule has 0 spiro atoms. The predicted octanol–water partition coefficient (Wildman–Crippen LogP) is 2.06.